The summed E-state index contributed by atoms with van der Waals surface area (Å²) in [6, 6.07) is 6.99. The highest BCUT2D eigenvalue weighted by atomic mass is 35.5. The van der Waals surface area contributed by atoms with Gasteiger partial charge in [0.1, 0.15) is 6.54 Å². The van der Waals surface area contributed by atoms with E-state index in [1.54, 1.807) is 24.3 Å². The highest BCUT2D eigenvalue weighted by Gasteiger charge is 2.30. The molecule has 0 amide bonds. The van der Waals surface area contributed by atoms with Crippen molar-refractivity contribution >= 4 is 11.6 Å². The average molecular weight is 317 g/mol. The van der Waals surface area contributed by atoms with Gasteiger partial charge in [-0.05, 0) is 17.7 Å². The highest BCUT2D eigenvalue weighted by Crippen LogP contribution is 2.33. The maximum atomic E-state index is 12.6. The average Bonchev–Trinajstić information content (AvgIpc) is 2.71. The minimum Gasteiger partial charge on any atom is -0.263 e. The van der Waals surface area contributed by atoms with Gasteiger partial charge in [-0.15, -0.1) is 0 Å². The van der Waals surface area contributed by atoms with Crippen molar-refractivity contribution in [1.82, 2.24) is 9.78 Å². The molecule has 2 nitrogen and oxygen atoms in total. The Morgan fingerprint density at radius 1 is 1.10 bits per heavy atom. The summed E-state index contributed by atoms with van der Waals surface area (Å²) in [6.45, 7) is 4.68. The van der Waals surface area contributed by atoms with Gasteiger partial charge in [-0.3, -0.25) is 4.68 Å². The van der Waals surface area contributed by atoms with Crippen LogP contribution < -0.4 is 0 Å². The second-order valence-electron chi connectivity index (χ2n) is 5.96. The van der Waals surface area contributed by atoms with Crippen molar-refractivity contribution in [1.29, 1.82) is 0 Å². The van der Waals surface area contributed by atoms with E-state index in [1.165, 1.54) is 6.20 Å². The van der Waals surface area contributed by atoms with Crippen molar-refractivity contribution in [3.8, 4) is 11.1 Å². The van der Waals surface area contributed by atoms with E-state index in [2.05, 4.69) is 5.10 Å². The topological polar surface area (TPSA) is 17.8 Å². The van der Waals surface area contributed by atoms with E-state index >= 15 is 0 Å². The fraction of sp³-hybridized carbons (Fsp3) is 0.400. The molecule has 0 atom stereocenters. The van der Waals surface area contributed by atoms with Crippen LogP contribution in [0.1, 0.15) is 26.5 Å². The monoisotopic (exact) mass is 316 g/mol. The molecule has 1 heterocycles. The summed E-state index contributed by atoms with van der Waals surface area (Å²) in [5.41, 5.74) is 1.78. The molecular weight excluding hydrogens is 301 g/mol. The van der Waals surface area contributed by atoms with Crippen LogP contribution in [0.25, 0.3) is 11.1 Å². The van der Waals surface area contributed by atoms with Crippen LogP contribution in [0.4, 0.5) is 13.2 Å². The van der Waals surface area contributed by atoms with Gasteiger partial charge in [0, 0.05) is 22.2 Å². The van der Waals surface area contributed by atoms with E-state index in [-0.39, 0.29) is 5.41 Å². The molecule has 0 unspecified atom stereocenters. The van der Waals surface area contributed by atoms with Gasteiger partial charge < -0.3 is 0 Å². The third-order valence-electron chi connectivity index (χ3n) is 2.97. The number of rotatable bonds is 2. The third kappa shape index (κ3) is 4.00. The van der Waals surface area contributed by atoms with E-state index < -0.39 is 12.7 Å². The van der Waals surface area contributed by atoms with Crippen molar-refractivity contribution < 1.29 is 13.2 Å². The Hall–Kier alpha value is -1.49. The molecule has 0 aliphatic rings. The molecule has 0 radical (unpaired) electrons. The molecule has 0 spiro atoms. The third-order valence-corrected chi connectivity index (χ3v) is 3.22. The lowest BCUT2D eigenvalue weighted by atomic mass is 9.87. The Kier molecular flexibility index (Phi) is 4.06. The van der Waals surface area contributed by atoms with Crippen molar-refractivity contribution in [3.05, 3.63) is 41.2 Å². The van der Waals surface area contributed by atoms with Crippen LogP contribution in [0.3, 0.4) is 0 Å². The van der Waals surface area contributed by atoms with Gasteiger partial charge in [-0.2, -0.15) is 18.3 Å². The second kappa shape index (κ2) is 5.37. The minimum atomic E-state index is -4.29. The standard InChI is InChI=1S/C15H16ClF3N2/c1-14(2,3)13-12(10-4-6-11(16)7-5-10)8-21(20-13)9-15(17,18)19/h4-8H,9H2,1-3H3. The summed E-state index contributed by atoms with van der Waals surface area (Å²) in [7, 11) is 0. The van der Waals surface area contributed by atoms with Gasteiger partial charge in [-0.1, -0.05) is 44.5 Å². The molecule has 6 heteroatoms. The van der Waals surface area contributed by atoms with Gasteiger partial charge in [-0.25, -0.2) is 0 Å². The first kappa shape index (κ1) is 15.9. The fourth-order valence-electron chi connectivity index (χ4n) is 2.08. The number of hydrogen-bond acceptors (Lipinski definition) is 1. The smallest absolute Gasteiger partial charge is 0.263 e. The summed E-state index contributed by atoms with van der Waals surface area (Å²) in [6.07, 6.45) is -2.85. The van der Waals surface area contributed by atoms with Crippen LogP contribution in [-0.4, -0.2) is 16.0 Å². The van der Waals surface area contributed by atoms with Crippen LogP contribution in [0.2, 0.25) is 5.02 Å². The summed E-state index contributed by atoms with van der Waals surface area (Å²) >= 11 is 5.85. The minimum absolute atomic E-state index is 0.355. The lowest BCUT2D eigenvalue weighted by molar-refractivity contribution is -0.142. The van der Waals surface area contributed by atoms with Crippen LogP contribution >= 0.6 is 11.6 Å². The maximum absolute atomic E-state index is 12.6. The zero-order chi connectivity index (χ0) is 15.8. The molecule has 0 N–H and O–H groups in total. The molecule has 0 saturated carbocycles. The summed E-state index contributed by atoms with van der Waals surface area (Å²) in [5.74, 6) is 0. The summed E-state index contributed by atoms with van der Waals surface area (Å²) in [5, 5.41) is 4.71. The number of alkyl halides is 3. The van der Waals surface area contributed by atoms with Gasteiger partial charge in [0.2, 0.25) is 0 Å². The Bertz CT molecular complexity index is 622. The Labute approximate surface area is 126 Å². The summed E-state index contributed by atoms with van der Waals surface area (Å²) in [4.78, 5) is 0. The van der Waals surface area contributed by atoms with Crippen LogP contribution in [0, 0.1) is 0 Å². The van der Waals surface area contributed by atoms with Crippen LogP contribution in [0.5, 0.6) is 0 Å². The molecule has 2 aromatic rings. The first-order valence-corrected chi connectivity index (χ1v) is 6.85. The molecule has 0 fully saturated rings. The lowest BCUT2D eigenvalue weighted by Gasteiger charge is -2.17. The number of aromatic nitrogens is 2. The van der Waals surface area contributed by atoms with Crippen molar-refractivity contribution in [2.75, 3.05) is 0 Å². The molecule has 2 rings (SSSR count). The first-order chi connectivity index (χ1) is 9.56. The Balaban J connectivity index is 2.50. The van der Waals surface area contributed by atoms with Gasteiger partial charge >= 0.3 is 6.18 Å². The van der Waals surface area contributed by atoms with Crippen molar-refractivity contribution in [2.45, 2.75) is 38.9 Å². The maximum Gasteiger partial charge on any atom is 0.408 e. The molecule has 0 aliphatic heterocycles. The fourth-order valence-corrected chi connectivity index (χ4v) is 2.21. The van der Waals surface area contributed by atoms with Gasteiger partial charge in [0.25, 0.3) is 0 Å². The molecule has 0 aliphatic carbocycles. The first-order valence-electron chi connectivity index (χ1n) is 6.47. The molecule has 1 aromatic heterocycles. The number of nitrogens with zero attached hydrogens (tertiary/aromatic N) is 2. The van der Waals surface area contributed by atoms with Crippen molar-refractivity contribution in [2.24, 2.45) is 0 Å². The normalized spacial score (nSPS) is 12.7. The van der Waals surface area contributed by atoms with E-state index in [0.717, 1.165) is 10.2 Å². The number of halogens is 4. The zero-order valence-electron chi connectivity index (χ0n) is 12.0. The number of hydrogen-bond donors (Lipinski definition) is 0. The molecule has 21 heavy (non-hydrogen) atoms. The molecule has 1 aromatic carbocycles. The van der Waals surface area contributed by atoms with E-state index in [4.69, 9.17) is 11.6 Å². The molecular formula is C15H16ClF3N2. The van der Waals surface area contributed by atoms with Crippen LogP contribution in [0.15, 0.2) is 30.5 Å². The predicted molar refractivity (Wildman–Crippen MR) is 77.4 cm³/mol. The Morgan fingerprint density at radius 3 is 2.14 bits per heavy atom. The quantitative estimate of drug-likeness (QED) is 0.757. The Morgan fingerprint density at radius 2 is 1.67 bits per heavy atom. The van der Waals surface area contributed by atoms with Gasteiger partial charge in [0.15, 0.2) is 0 Å². The van der Waals surface area contributed by atoms with E-state index in [0.29, 0.717) is 16.3 Å². The zero-order valence-corrected chi connectivity index (χ0v) is 12.8. The van der Waals surface area contributed by atoms with Crippen molar-refractivity contribution in [3.63, 3.8) is 0 Å². The van der Waals surface area contributed by atoms with Gasteiger partial charge in [0.05, 0.1) is 5.69 Å². The highest BCUT2D eigenvalue weighted by molar-refractivity contribution is 6.30. The second-order valence-corrected chi connectivity index (χ2v) is 6.40. The largest absolute Gasteiger partial charge is 0.408 e. The molecule has 0 saturated heterocycles. The van der Waals surface area contributed by atoms with Crippen LogP contribution in [-0.2, 0) is 12.0 Å². The van der Waals surface area contributed by atoms with E-state index in [9.17, 15) is 13.2 Å². The predicted octanol–water partition coefficient (Wildman–Crippen LogP) is 5.06. The molecule has 0 bridgehead atoms. The van der Waals surface area contributed by atoms with E-state index in [1.807, 2.05) is 20.8 Å². The number of benzene rings is 1. The SMILES string of the molecule is CC(C)(C)c1nn(CC(F)(F)F)cc1-c1ccc(Cl)cc1. The summed E-state index contributed by atoms with van der Waals surface area (Å²) < 4.78 is 38.6. The lowest BCUT2D eigenvalue weighted by Crippen LogP contribution is -2.19. The molecule has 114 valence electrons.